The second-order valence-corrected chi connectivity index (χ2v) is 1.89. The molecule has 1 rings (SSSR count). The molecule has 1 aliphatic rings. The highest BCUT2D eigenvalue weighted by atomic mass is 16.2. The average Bonchev–Trinajstić information content (AvgIpc) is 2.03. The van der Waals surface area contributed by atoms with Gasteiger partial charge in [-0.3, -0.25) is 0 Å². The zero-order chi connectivity index (χ0) is 8.10. The quantitative estimate of drug-likeness (QED) is 0.459. The summed E-state index contributed by atoms with van der Waals surface area (Å²) in [7, 11) is 0. The number of hydrogen-bond donors (Lipinski definition) is 2. The third kappa shape index (κ3) is 1.99. The van der Waals surface area contributed by atoms with Gasteiger partial charge in [0.05, 0.1) is 0 Å². The lowest BCUT2D eigenvalue weighted by molar-refractivity contribution is 0.227. The highest BCUT2D eigenvalue weighted by Gasteiger charge is 2.09. The first kappa shape index (κ1) is 7.63. The fourth-order valence-electron chi connectivity index (χ4n) is 0.666. The third-order valence-corrected chi connectivity index (χ3v) is 1.12. The van der Waals surface area contributed by atoms with Gasteiger partial charge in [-0.15, -0.1) is 0 Å². The van der Waals surface area contributed by atoms with Crippen molar-refractivity contribution in [2.45, 2.75) is 0 Å². The molecule has 0 aromatic carbocycles. The Morgan fingerprint density at radius 1 is 1.82 bits per heavy atom. The number of aliphatic hydroxyl groups is 1. The monoisotopic (exact) mass is 152 g/mol. The number of nitrogens with one attached hydrogen (secondary N) is 1. The maximum absolute atomic E-state index is 10.9. The number of nitrogens with zero attached hydrogens (tertiary/aromatic N) is 1. The van der Waals surface area contributed by atoms with Crippen molar-refractivity contribution in [2.75, 3.05) is 13.2 Å². The molecule has 0 saturated heterocycles. The van der Waals surface area contributed by atoms with Crippen molar-refractivity contribution in [3.05, 3.63) is 12.3 Å². The van der Waals surface area contributed by atoms with Crippen molar-refractivity contribution < 1.29 is 9.90 Å². The predicted octanol–water partition coefficient (Wildman–Crippen LogP) is -0.522. The topological polar surface area (TPSA) is 52.6 Å². The molecule has 4 heteroatoms. The molecule has 2 amide bonds. The van der Waals surface area contributed by atoms with Gasteiger partial charge >= 0.3 is 6.03 Å². The summed E-state index contributed by atoms with van der Waals surface area (Å²) in [6, 6.07) is 2.20. The van der Waals surface area contributed by atoms with E-state index < -0.39 is 0 Å². The molecule has 0 radical (unpaired) electrons. The number of carbonyl (C=O) groups excluding carboxylic acids is 1. The molecule has 0 aromatic rings. The Bertz CT molecular complexity index is 237. The van der Waals surface area contributed by atoms with Crippen LogP contribution in [0.3, 0.4) is 0 Å². The molecule has 0 fully saturated rings. The van der Waals surface area contributed by atoms with Crippen LogP contribution in [0.15, 0.2) is 12.3 Å². The van der Waals surface area contributed by atoms with Gasteiger partial charge in [0.25, 0.3) is 0 Å². The summed E-state index contributed by atoms with van der Waals surface area (Å²) < 4.78 is 0. The Kier molecular flexibility index (Phi) is 2.53. The molecule has 2 N–H and O–H groups in total. The molecular formula is C7H8N2O2. The van der Waals surface area contributed by atoms with E-state index in [4.69, 9.17) is 5.11 Å². The number of aliphatic hydroxyl groups excluding tert-OH is 1. The van der Waals surface area contributed by atoms with Gasteiger partial charge in [-0.1, -0.05) is 5.92 Å². The maximum Gasteiger partial charge on any atom is 0.333 e. The third-order valence-electron chi connectivity index (χ3n) is 1.12. The Morgan fingerprint density at radius 2 is 2.64 bits per heavy atom. The lowest BCUT2D eigenvalue weighted by Crippen LogP contribution is -2.37. The van der Waals surface area contributed by atoms with Crippen LogP contribution in [0.2, 0.25) is 0 Å². The van der Waals surface area contributed by atoms with Gasteiger partial charge in [0.1, 0.15) is 6.61 Å². The number of urea groups is 1. The summed E-state index contributed by atoms with van der Waals surface area (Å²) >= 11 is 0. The van der Waals surface area contributed by atoms with Crippen LogP contribution in [-0.4, -0.2) is 29.2 Å². The summed E-state index contributed by atoms with van der Waals surface area (Å²) in [5.41, 5.74) is 0. The molecule has 0 unspecified atom stereocenters. The molecule has 0 aliphatic carbocycles. The largest absolute Gasteiger partial charge is 0.384 e. The first-order valence-corrected chi connectivity index (χ1v) is 3.17. The molecule has 0 spiro atoms. The SMILES string of the molecule is O=C1NCC=CN1C#CCO. The maximum atomic E-state index is 10.9. The molecule has 0 aromatic heterocycles. The van der Waals surface area contributed by atoms with E-state index in [1.807, 2.05) is 0 Å². The van der Waals surface area contributed by atoms with Crippen LogP contribution in [0, 0.1) is 12.0 Å². The van der Waals surface area contributed by atoms with E-state index in [-0.39, 0.29) is 12.6 Å². The predicted molar refractivity (Wildman–Crippen MR) is 39.2 cm³/mol. The first-order chi connectivity index (χ1) is 5.34. The van der Waals surface area contributed by atoms with Gasteiger partial charge in [0.2, 0.25) is 0 Å². The standard InChI is InChI=1S/C7H8N2O2/c10-6-2-5-9-4-1-3-8-7(9)11/h1,4,10H,3,6H2,(H,8,11). The minimum Gasteiger partial charge on any atom is -0.384 e. The van der Waals surface area contributed by atoms with Crippen LogP contribution >= 0.6 is 0 Å². The van der Waals surface area contributed by atoms with Gasteiger partial charge in [-0.2, -0.15) is 0 Å². The Morgan fingerprint density at radius 3 is 3.27 bits per heavy atom. The van der Waals surface area contributed by atoms with E-state index in [2.05, 4.69) is 17.3 Å². The van der Waals surface area contributed by atoms with Crippen molar-refractivity contribution in [2.24, 2.45) is 0 Å². The van der Waals surface area contributed by atoms with Crippen LogP contribution in [0.25, 0.3) is 0 Å². The highest BCUT2D eigenvalue weighted by molar-refractivity contribution is 5.78. The number of rotatable bonds is 0. The second kappa shape index (κ2) is 3.64. The number of hydrogen-bond acceptors (Lipinski definition) is 2. The fraction of sp³-hybridized carbons (Fsp3) is 0.286. The van der Waals surface area contributed by atoms with Crippen molar-refractivity contribution >= 4 is 6.03 Å². The van der Waals surface area contributed by atoms with Gasteiger partial charge in [-0.25, -0.2) is 9.69 Å². The van der Waals surface area contributed by atoms with Crippen molar-refractivity contribution in [3.8, 4) is 12.0 Å². The van der Waals surface area contributed by atoms with Gasteiger partial charge in [-0.05, 0) is 6.08 Å². The summed E-state index contributed by atoms with van der Waals surface area (Å²) in [4.78, 5) is 12.1. The molecular weight excluding hydrogens is 144 g/mol. The van der Waals surface area contributed by atoms with E-state index in [1.165, 1.54) is 4.90 Å². The van der Waals surface area contributed by atoms with Crippen LogP contribution in [0.1, 0.15) is 0 Å². The lowest BCUT2D eigenvalue weighted by atomic mass is 10.5. The zero-order valence-corrected chi connectivity index (χ0v) is 5.87. The van der Waals surface area contributed by atoms with E-state index in [0.717, 1.165) is 0 Å². The van der Waals surface area contributed by atoms with Crippen LogP contribution in [0.5, 0.6) is 0 Å². The van der Waals surface area contributed by atoms with Crippen molar-refractivity contribution in [3.63, 3.8) is 0 Å². The van der Waals surface area contributed by atoms with Gasteiger partial charge in [0.15, 0.2) is 0 Å². The fourth-order valence-corrected chi connectivity index (χ4v) is 0.666. The molecule has 0 atom stereocenters. The van der Waals surface area contributed by atoms with E-state index in [1.54, 1.807) is 12.3 Å². The molecule has 58 valence electrons. The zero-order valence-electron chi connectivity index (χ0n) is 5.87. The summed E-state index contributed by atoms with van der Waals surface area (Å²) in [6.45, 7) is 0.299. The molecule has 0 saturated carbocycles. The summed E-state index contributed by atoms with van der Waals surface area (Å²) in [5, 5.41) is 10.9. The Labute approximate surface area is 64.5 Å². The van der Waals surface area contributed by atoms with E-state index in [9.17, 15) is 4.79 Å². The van der Waals surface area contributed by atoms with Gasteiger partial charge in [0, 0.05) is 18.8 Å². The minimum atomic E-state index is -0.256. The van der Waals surface area contributed by atoms with E-state index >= 15 is 0 Å². The average molecular weight is 152 g/mol. The highest BCUT2D eigenvalue weighted by Crippen LogP contribution is 1.93. The first-order valence-electron chi connectivity index (χ1n) is 3.17. The molecule has 1 heterocycles. The number of carbonyl (C=O) groups is 1. The minimum absolute atomic E-state index is 0.238. The van der Waals surface area contributed by atoms with Crippen LogP contribution < -0.4 is 5.32 Å². The van der Waals surface area contributed by atoms with E-state index in [0.29, 0.717) is 6.54 Å². The normalized spacial score (nSPS) is 15.4. The van der Waals surface area contributed by atoms with Crippen molar-refractivity contribution in [1.29, 1.82) is 0 Å². The molecule has 4 nitrogen and oxygen atoms in total. The second-order valence-electron chi connectivity index (χ2n) is 1.89. The molecule has 0 bridgehead atoms. The van der Waals surface area contributed by atoms with Crippen LogP contribution in [-0.2, 0) is 0 Å². The smallest absolute Gasteiger partial charge is 0.333 e. The summed E-state index contributed by atoms with van der Waals surface area (Å²) in [6.07, 6.45) is 3.34. The Balaban J connectivity index is 2.62. The van der Waals surface area contributed by atoms with Gasteiger partial charge < -0.3 is 10.4 Å². The molecule has 11 heavy (non-hydrogen) atoms. The van der Waals surface area contributed by atoms with Crippen molar-refractivity contribution in [1.82, 2.24) is 10.2 Å². The lowest BCUT2D eigenvalue weighted by Gasteiger charge is -2.14. The van der Waals surface area contributed by atoms with Crippen LogP contribution in [0.4, 0.5) is 4.79 Å². The summed E-state index contributed by atoms with van der Waals surface area (Å²) in [5.74, 6) is 2.37. The molecule has 1 aliphatic heterocycles. The Hall–Kier alpha value is -1.47. The number of amides is 2.